The Balaban J connectivity index is 1.60. The molecule has 0 saturated heterocycles. The Morgan fingerprint density at radius 1 is 0.943 bits per heavy atom. The van der Waals surface area contributed by atoms with E-state index in [2.05, 4.69) is 0 Å². The van der Waals surface area contributed by atoms with E-state index in [9.17, 15) is 4.79 Å². The van der Waals surface area contributed by atoms with Crippen LogP contribution in [0.15, 0.2) is 90.2 Å². The van der Waals surface area contributed by atoms with Gasteiger partial charge in [0.2, 0.25) is 5.91 Å². The number of benzene rings is 3. The zero-order valence-corrected chi connectivity index (χ0v) is 19.9. The first-order chi connectivity index (χ1) is 17.1. The van der Waals surface area contributed by atoms with Crippen molar-refractivity contribution in [3.8, 4) is 28.4 Å². The van der Waals surface area contributed by atoms with Gasteiger partial charge in [-0.15, -0.1) is 0 Å². The third kappa shape index (κ3) is 4.28. The van der Waals surface area contributed by atoms with Crippen LogP contribution in [0.5, 0.6) is 11.5 Å². The quantitative estimate of drug-likeness (QED) is 0.389. The van der Waals surface area contributed by atoms with Crippen molar-refractivity contribution in [2.24, 2.45) is 5.10 Å². The van der Waals surface area contributed by atoms with Gasteiger partial charge in [0.15, 0.2) is 0 Å². The summed E-state index contributed by atoms with van der Waals surface area (Å²) in [5, 5.41) is 11.2. The highest BCUT2D eigenvalue weighted by Crippen LogP contribution is 2.40. The Kier molecular flexibility index (Phi) is 6.06. The maximum absolute atomic E-state index is 12.7. The smallest absolute Gasteiger partial charge is 0.240 e. The third-order valence-corrected chi connectivity index (χ3v) is 6.12. The highest BCUT2D eigenvalue weighted by Gasteiger charge is 2.35. The fraction of sp³-hybridized carbons (Fsp3) is 0.179. The number of ether oxygens (including phenoxy) is 2. The summed E-state index contributed by atoms with van der Waals surface area (Å²) in [4.78, 5) is 12.7. The van der Waals surface area contributed by atoms with Crippen LogP contribution in [0.2, 0.25) is 0 Å². The van der Waals surface area contributed by atoms with Gasteiger partial charge in [-0.3, -0.25) is 4.79 Å². The lowest BCUT2D eigenvalue weighted by molar-refractivity contribution is -0.130. The van der Waals surface area contributed by atoms with Crippen LogP contribution < -0.4 is 9.47 Å². The van der Waals surface area contributed by atoms with Crippen LogP contribution in [0.4, 0.5) is 0 Å². The van der Waals surface area contributed by atoms with Crippen molar-refractivity contribution < 1.29 is 14.3 Å². The highest BCUT2D eigenvalue weighted by molar-refractivity contribution is 6.05. The first kappa shape index (κ1) is 22.4. The molecule has 0 N–H and O–H groups in total. The Labute approximate surface area is 204 Å². The second kappa shape index (κ2) is 9.46. The number of carbonyl (C=O) groups excluding carboxylic acids is 1. The maximum Gasteiger partial charge on any atom is 0.240 e. The normalized spacial score (nSPS) is 15.1. The van der Waals surface area contributed by atoms with E-state index in [1.807, 2.05) is 89.7 Å². The van der Waals surface area contributed by atoms with Crippen LogP contribution >= 0.6 is 0 Å². The third-order valence-electron chi connectivity index (χ3n) is 6.12. The minimum absolute atomic E-state index is 0.135. The molecule has 1 amide bonds. The molecule has 4 aromatic rings. The summed E-state index contributed by atoms with van der Waals surface area (Å²) in [6.45, 7) is 1.54. The molecule has 1 aliphatic rings. The summed E-state index contributed by atoms with van der Waals surface area (Å²) in [5.74, 6) is 1.21. The van der Waals surface area contributed by atoms with Crippen LogP contribution in [-0.2, 0) is 4.79 Å². The molecule has 7 nitrogen and oxygen atoms in total. The molecule has 5 rings (SSSR count). The van der Waals surface area contributed by atoms with E-state index in [1.54, 1.807) is 19.2 Å². The first-order valence-corrected chi connectivity index (χ1v) is 11.4. The molecule has 0 bridgehead atoms. The van der Waals surface area contributed by atoms with Crippen LogP contribution in [0.25, 0.3) is 16.9 Å². The number of hydrogen-bond acceptors (Lipinski definition) is 5. The molecule has 0 unspecified atom stereocenters. The molecule has 0 saturated carbocycles. The van der Waals surface area contributed by atoms with Gasteiger partial charge < -0.3 is 9.47 Å². The lowest BCUT2D eigenvalue weighted by Crippen LogP contribution is -2.24. The molecule has 0 aliphatic carbocycles. The van der Waals surface area contributed by atoms with Crippen molar-refractivity contribution >= 4 is 11.6 Å². The van der Waals surface area contributed by atoms with E-state index >= 15 is 0 Å². The Hall–Kier alpha value is -4.39. The van der Waals surface area contributed by atoms with Crippen molar-refractivity contribution in [1.82, 2.24) is 14.8 Å². The molecule has 176 valence electrons. The first-order valence-electron chi connectivity index (χ1n) is 11.4. The van der Waals surface area contributed by atoms with Gasteiger partial charge in [0.25, 0.3) is 0 Å². The SMILES string of the molecule is COc1ccc(C2=NN(C(C)=O)[C@H](c3cn(-c4ccccc4)nc3-c3ccccc3)C2)c(OC)c1. The van der Waals surface area contributed by atoms with Crippen LogP contribution in [0.3, 0.4) is 0 Å². The molecule has 2 heterocycles. The minimum atomic E-state index is -0.304. The summed E-state index contributed by atoms with van der Waals surface area (Å²) in [6, 6.07) is 25.3. The Morgan fingerprint density at radius 2 is 1.66 bits per heavy atom. The topological polar surface area (TPSA) is 69.0 Å². The predicted molar refractivity (Wildman–Crippen MR) is 135 cm³/mol. The van der Waals surface area contributed by atoms with E-state index in [0.29, 0.717) is 17.9 Å². The molecule has 0 fully saturated rings. The van der Waals surface area contributed by atoms with Gasteiger partial charge in [0.05, 0.1) is 37.4 Å². The number of carbonyl (C=O) groups is 1. The molecular weight excluding hydrogens is 440 g/mol. The second-order valence-corrected chi connectivity index (χ2v) is 8.28. The summed E-state index contributed by atoms with van der Waals surface area (Å²) >= 11 is 0. The van der Waals surface area contributed by atoms with Crippen molar-refractivity contribution in [3.63, 3.8) is 0 Å². The number of para-hydroxylation sites is 1. The average Bonchev–Trinajstić information content (AvgIpc) is 3.54. The van der Waals surface area contributed by atoms with Gasteiger partial charge in [-0.2, -0.15) is 10.2 Å². The summed E-state index contributed by atoms with van der Waals surface area (Å²) in [7, 11) is 3.23. The molecule has 1 atom stereocenters. The zero-order valence-electron chi connectivity index (χ0n) is 19.9. The molecule has 35 heavy (non-hydrogen) atoms. The van der Waals surface area contributed by atoms with Crippen molar-refractivity contribution in [1.29, 1.82) is 0 Å². The zero-order chi connectivity index (χ0) is 24.4. The number of aromatic nitrogens is 2. The highest BCUT2D eigenvalue weighted by atomic mass is 16.5. The molecule has 0 radical (unpaired) electrons. The van der Waals surface area contributed by atoms with Gasteiger partial charge >= 0.3 is 0 Å². The molecule has 3 aromatic carbocycles. The van der Waals surface area contributed by atoms with Crippen molar-refractivity contribution in [3.05, 3.63) is 96.2 Å². The standard InChI is InChI=1S/C28H26N4O3/c1-19(33)32-26(17-25(29-32)23-15-14-22(34-2)16-27(23)35-3)24-18-31(21-12-8-5-9-13-21)30-28(24)20-10-6-4-7-11-20/h4-16,18,26H,17H2,1-3H3/t26-/m0/s1. The van der Waals surface area contributed by atoms with E-state index in [4.69, 9.17) is 19.7 Å². The predicted octanol–water partition coefficient (Wildman–Crippen LogP) is 5.25. The Morgan fingerprint density at radius 3 is 2.31 bits per heavy atom. The number of hydrogen-bond donors (Lipinski definition) is 0. The largest absolute Gasteiger partial charge is 0.497 e. The summed E-state index contributed by atoms with van der Waals surface area (Å²) < 4.78 is 12.8. The van der Waals surface area contributed by atoms with Gasteiger partial charge in [0.1, 0.15) is 11.5 Å². The van der Waals surface area contributed by atoms with Gasteiger partial charge in [-0.25, -0.2) is 9.69 Å². The van der Waals surface area contributed by atoms with Crippen LogP contribution in [0, 0.1) is 0 Å². The van der Waals surface area contributed by atoms with E-state index in [0.717, 1.165) is 33.8 Å². The number of nitrogens with zero attached hydrogens (tertiary/aromatic N) is 4. The molecule has 7 heteroatoms. The van der Waals surface area contributed by atoms with Crippen molar-refractivity contribution in [2.45, 2.75) is 19.4 Å². The van der Waals surface area contributed by atoms with E-state index in [-0.39, 0.29) is 11.9 Å². The van der Waals surface area contributed by atoms with Crippen LogP contribution in [0.1, 0.15) is 30.5 Å². The average molecular weight is 467 g/mol. The van der Waals surface area contributed by atoms with Crippen molar-refractivity contribution in [2.75, 3.05) is 14.2 Å². The number of hydrazone groups is 1. The van der Waals surface area contributed by atoms with Crippen LogP contribution in [-0.4, -0.2) is 40.6 Å². The van der Waals surface area contributed by atoms with E-state index in [1.165, 1.54) is 6.92 Å². The second-order valence-electron chi connectivity index (χ2n) is 8.28. The number of amides is 1. The lowest BCUT2D eigenvalue weighted by atomic mass is 9.96. The fourth-order valence-corrected chi connectivity index (χ4v) is 4.41. The number of methoxy groups -OCH3 is 2. The molecule has 1 aromatic heterocycles. The molecule has 0 spiro atoms. The van der Waals surface area contributed by atoms with Gasteiger partial charge in [0, 0.05) is 42.3 Å². The molecular formula is C28H26N4O3. The van der Waals surface area contributed by atoms with E-state index < -0.39 is 0 Å². The summed E-state index contributed by atoms with van der Waals surface area (Å²) in [5.41, 5.74) is 5.29. The lowest BCUT2D eigenvalue weighted by Gasteiger charge is -2.20. The number of rotatable bonds is 6. The molecule has 1 aliphatic heterocycles. The Bertz CT molecular complexity index is 1380. The van der Waals surface area contributed by atoms with Gasteiger partial charge in [-0.05, 0) is 24.3 Å². The van der Waals surface area contributed by atoms with Gasteiger partial charge in [-0.1, -0.05) is 48.5 Å². The minimum Gasteiger partial charge on any atom is -0.497 e. The monoisotopic (exact) mass is 466 g/mol. The summed E-state index contributed by atoms with van der Waals surface area (Å²) in [6.07, 6.45) is 2.53. The fourth-order valence-electron chi connectivity index (χ4n) is 4.41. The maximum atomic E-state index is 12.7.